The van der Waals surface area contributed by atoms with E-state index in [9.17, 15) is 29.4 Å². The highest BCUT2D eigenvalue weighted by Gasteiger charge is 2.30. The molecule has 0 aliphatic heterocycles. The zero-order valence-electron chi connectivity index (χ0n) is 13.8. The van der Waals surface area contributed by atoms with Gasteiger partial charge in [0.05, 0.1) is 25.7 Å². The Hall–Kier alpha value is -2.95. The van der Waals surface area contributed by atoms with Crippen molar-refractivity contribution >= 4 is 46.5 Å². The predicted molar refractivity (Wildman–Crippen MR) is 101 cm³/mol. The third kappa shape index (κ3) is 3.92. The molecule has 0 aliphatic carbocycles. The van der Waals surface area contributed by atoms with Gasteiger partial charge in [-0.15, -0.1) is 0 Å². The number of benzene rings is 2. The van der Waals surface area contributed by atoms with Crippen LogP contribution in [0.25, 0.3) is 0 Å². The second-order valence-electron chi connectivity index (χ2n) is 5.74. The van der Waals surface area contributed by atoms with Gasteiger partial charge in [-0.05, 0) is 42.3 Å². The van der Waals surface area contributed by atoms with Crippen LogP contribution < -0.4 is 0 Å². The number of carbonyl (C=O) groups is 4. The van der Waals surface area contributed by atoms with E-state index in [2.05, 4.69) is 0 Å². The minimum absolute atomic E-state index is 0.370. The van der Waals surface area contributed by atoms with Gasteiger partial charge in [0.2, 0.25) is 0 Å². The predicted octanol–water partition coefficient (Wildman–Crippen LogP) is 3.18. The molecular weight excluding hydrogens is 471 g/mol. The lowest BCUT2D eigenvalue weighted by Crippen LogP contribution is -2.19. The summed E-state index contributed by atoms with van der Waals surface area (Å²) in [6.07, 6.45) is 0. The maximum absolute atomic E-state index is 11.4. The molecule has 0 unspecified atom stereocenters. The number of aromatic carboxylic acids is 4. The van der Waals surface area contributed by atoms with E-state index in [1.54, 1.807) is 6.92 Å². The molecule has 2 aromatic carbocycles. The van der Waals surface area contributed by atoms with Crippen molar-refractivity contribution in [3.05, 3.63) is 69.8 Å². The number of rotatable bonds is 6. The van der Waals surface area contributed by atoms with E-state index in [-0.39, 0.29) is 11.1 Å². The van der Waals surface area contributed by atoms with E-state index in [1.807, 2.05) is 22.6 Å². The minimum atomic E-state index is -1.41. The Morgan fingerprint density at radius 2 is 0.963 bits per heavy atom. The highest BCUT2D eigenvalue weighted by molar-refractivity contribution is 14.1. The highest BCUT2D eigenvalue weighted by Crippen LogP contribution is 2.40. The molecule has 0 saturated carbocycles. The summed E-state index contributed by atoms with van der Waals surface area (Å²) in [6, 6.07) is 7.64. The first-order chi connectivity index (χ1) is 12.5. The fourth-order valence-corrected chi connectivity index (χ4v) is 3.24. The molecule has 0 aliphatic rings. The number of carboxylic acid groups (broad SMARTS) is 4. The molecule has 9 heteroatoms. The Morgan fingerprint density at radius 3 is 1.22 bits per heavy atom. The van der Waals surface area contributed by atoms with E-state index in [0.29, 0.717) is 11.1 Å². The van der Waals surface area contributed by atoms with Crippen LogP contribution in [0, 0.1) is 0 Å². The van der Waals surface area contributed by atoms with E-state index in [0.717, 1.165) is 0 Å². The number of carboxylic acids is 4. The zero-order valence-corrected chi connectivity index (χ0v) is 15.9. The molecule has 0 saturated heterocycles. The van der Waals surface area contributed by atoms with Crippen LogP contribution >= 0.6 is 22.6 Å². The van der Waals surface area contributed by atoms with E-state index in [1.165, 1.54) is 36.4 Å². The molecule has 0 heterocycles. The van der Waals surface area contributed by atoms with Gasteiger partial charge in [-0.25, -0.2) is 19.2 Å². The number of alkyl halides is 1. The smallest absolute Gasteiger partial charge is 0.336 e. The van der Waals surface area contributed by atoms with Crippen LogP contribution in [0.15, 0.2) is 36.4 Å². The number of hydrogen-bond acceptors (Lipinski definition) is 4. The maximum atomic E-state index is 11.4. The molecule has 0 spiro atoms. The van der Waals surface area contributed by atoms with Crippen molar-refractivity contribution in [3.63, 3.8) is 0 Å². The van der Waals surface area contributed by atoms with Gasteiger partial charge in [0.15, 0.2) is 0 Å². The van der Waals surface area contributed by atoms with Gasteiger partial charge in [0.1, 0.15) is 0 Å². The summed E-state index contributed by atoms with van der Waals surface area (Å²) in [7, 11) is 0. The maximum Gasteiger partial charge on any atom is 0.336 e. The molecule has 140 valence electrons. The first-order valence-electron chi connectivity index (χ1n) is 7.38. The van der Waals surface area contributed by atoms with Gasteiger partial charge in [-0.3, -0.25) is 0 Å². The molecule has 4 N–H and O–H groups in total. The summed E-state index contributed by atoms with van der Waals surface area (Å²) >= 11 is 1.97. The van der Waals surface area contributed by atoms with Crippen LogP contribution in [-0.4, -0.2) is 44.3 Å². The standard InChI is InChI=1S/C18H13IO8/c1-18(19,8-2-4-10(14(20)21)12(6-8)16(24)25)9-3-5-11(15(22)23)13(7-9)17(26)27/h2-7H,1H3,(H,20,21)(H,22,23)(H,24,25)(H,26,27). The molecule has 8 nitrogen and oxygen atoms in total. The average Bonchev–Trinajstić information content (AvgIpc) is 2.60. The van der Waals surface area contributed by atoms with E-state index in [4.69, 9.17) is 10.2 Å². The lowest BCUT2D eigenvalue weighted by Gasteiger charge is -2.25. The Bertz CT molecular complexity index is 900. The normalized spacial score (nSPS) is 11.0. The molecule has 0 fully saturated rings. The molecule has 0 amide bonds. The van der Waals surface area contributed by atoms with Gasteiger partial charge in [-0.2, -0.15) is 0 Å². The molecule has 0 aromatic heterocycles. The van der Waals surface area contributed by atoms with Crippen LogP contribution in [0.3, 0.4) is 0 Å². The van der Waals surface area contributed by atoms with Crippen molar-refractivity contribution in [2.24, 2.45) is 0 Å². The molecule has 0 radical (unpaired) electrons. The third-order valence-corrected chi connectivity index (χ3v) is 5.29. The van der Waals surface area contributed by atoms with Gasteiger partial charge in [0, 0.05) is 0 Å². The fraction of sp³-hybridized carbons (Fsp3) is 0.111. The average molecular weight is 484 g/mol. The van der Waals surface area contributed by atoms with Gasteiger partial charge in [-0.1, -0.05) is 34.7 Å². The Kier molecular flexibility index (Phi) is 5.54. The van der Waals surface area contributed by atoms with Crippen LogP contribution in [-0.2, 0) is 3.42 Å². The second kappa shape index (κ2) is 7.35. The third-order valence-electron chi connectivity index (χ3n) is 4.05. The Morgan fingerprint density at radius 1 is 0.667 bits per heavy atom. The van der Waals surface area contributed by atoms with Crippen molar-refractivity contribution in [1.82, 2.24) is 0 Å². The van der Waals surface area contributed by atoms with Crippen molar-refractivity contribution in [2.45, 2.75) is 10.3 Å². The largest absolute Gasteiger partial charge is 0.478 e. The zero-order chi connectivity index (χ0) is 20.5. The molecule has 0 atom stereocenters. The Balaban J connectivity index is 2.65. The number of hydrogen-bond donors (Lipinski definition) is 4. The first-order valence-corrected chi connectivity index (χ1v) is 8.45. The van der Waals surface area contributed by atoms with Gasteiger partial charge >= 0.3 is 23.9 Å². The monoisotopic (exact) mass is 484 g/mol. The minimum Gasteiger partial charge on any atom is -0.478 e. The summed E-state index contributed by atoms with van der Waals surface area (Å²) in [5.41, 5.74) is -0.696. The summed E-state index contributed by atoms with van der Waals surface area (Å²) in [6.45, 7) is 1.68. The van der Waals surface area contributed by atoms with Gasteiger partial charge < -0.3 is 20.4 Å². The number of halogens is 1. The van der Waals surface area contributed by atoms with Crippen molar-refractivity contribution < 1.29 is 39.6 Å². The summed E-state index contributed by atoms with van der Waals surface area (Å²) in [5.74, 6) is -5.58. The van der Waals surface area contributed by atoms with Crippen LogP contribution in [0.1, 0.15) is 59.5 Å². The van der Waals surface area contributed by atoms with E-state index >= 15 is 0 Å². The summed E-state index contributed by atoms with van der Waals surface area (Å²) in [4.78, 5) is 45.2. The van der Waals surface area contributed by atoms with Crippen molar-refractivity contribution in [3.8, 4) is 0 Å². The lowest BCUT2D eigenvalue weighted by molar-refractivity contribution is 0.0651. The summed E-state index contributed by atoms with van der Waals surface area (Å²) < 4.78 is -0.944. The molecule has 2 rings (SSSR count). The highest BCUT2D eigenvalue weighted by atomic mass is 127. The molecule has 27 heavy (non-hydrogen) atoms. The molecule has 0 bridgehead atoms. The van der Waals surface area contributed by atoms with Crippen LogP contribution in [0.5, 0.6) is 0 Å². The van der Waals surface area contributed by atoms with E-state index < -0.39 is 38.4 Å². The second-order valence-corrected chi connectivity index (χ2v) is 7.90. The first kappa shape index (κ1) is 20.4. The van der Waals surface area contributed by atoms with Crippen LogP contribution in [0.4, 0.5) is 0 Å². The fourth-order valence-electron chi connectivity index (χ4n) is 2.57. The molecule has 2 aromatic rings. The van der Waals surface area contributed by atoms with Crippen molar-refractivity contribution in [1.29, 1.82) is 0 Å². The molecular formula is C18H13IO8. The van der Waals surface area contributed by atoms with Crippen LogP contribution in [0.2, 0.25) is 0 Å². The topological polar surface area (TPSA) is 149 Å². The van der Waals surface area contributed by atoms with Gasteiger partial charge in [0.25, 0.3) is 0 Å². The Labute approximate surface area is 166 Å². The quantitative estimate of drug-likeness (QED) is 0.361. The summed E-state index contributed by atoms with van der Waals surface area (Å²) in [5, 5.41) is 36.8. The SMILES string of the molecule is CC(I)(c1ccc(C(=O)O)c(C(=O)O)c1)c1ccc(C(=O)O)c(C(=O)O)c1. The van der Waals surface area contributed by atoms with Crippen molar-refractivity contribution in [2.75, 3.05) is 0 Å². The lowest BCUT2D eigenvalue weighted by atomic mass is 9.88.